The maximum absolute atomic E-state index is 12.1. The second-order valence-corrected chi connectivity index (χ2v) is 22.7. The van der Waals surface area contributed by atoms with Crippen molar-refractivity contribution in [2.45, 2.75) is 136 Å². The summed E-state index contributed by atoms with van der Waals surface area (Å²) >= 11 is 0. The maximum atomic E-state index is 12.1. The van der Waals surface area contributed by atoms with Crippen LogP contribution in [0.15, 0.2) is 72.9 Å². The fraction of sp³-hybridized carbons (Fsp3) is 0.618. The third-order valence-electron chi connectivity index (χ3n) is 7.60. The number of hydrogen-bond acceptors (Lipinski definition) is 3. The van der Waals surface area contributed by atoms with Gasteiger partial charge in [0.25, 0.3) is 14.3 Å². The zero-order valence-electron chi connectivity index (χ0n) is 27.2. The molecular weight excluding hydrogens is 513 g/mol. The molecule has 0 N–H and O–H groups in total. The van der Waals surface area contributed by atoms with Crippen molar-refractivity contribution in [3.05, 3.63) is 72.9 Å². The van der Waals surface area contributed by atoms with E-state index in [1.165, 1.54) is 0 Å². The predicted octanol–water partition coefficient (Wildman–Crippen LogP) is 11.0. The molecule has 0 aliphatic carbocycles. The van der Waals surface area contributed by atoms with Crippen LogP contribution in [0, 0.1) is 0 Å². The molecule has 0 aromatic heterocycles. The first kappa shape index (κ1) is 37.3. The Morgan fingerprint density at radius 1 is 0.692 bits per heavy atom. The summed E-state index contributed by atoms with van der Waals surface area (Å²) in [6.07, 6.45) is 32.1. The molecule has 1 atom stereocenters. The molecular formula is C34H60O3Si2. The highest BCUT2D eigenvalue weighted by atomic mass is 28.4. The van der Waals surface area contributed by atoms with E-state index in [2.05, 4.69) is 148 Å². The zero-order chi connectivity index (χ0) is 30.0. The summed E-state index contributed by atoms with van der Waals surface area (Å²) in [7, 11) is -3.81. The molecule has 0 saturated carbocycles. The average Bonchev–Trinajstić information content (AvgIpc) is 2.79. The van der Waals surface area contributed by atoms with Crippen molar-refractivity contribution < 1.29 is 13.6 Å². The van der Waals surface area contributed by atoms with Crippen LogP contribution in [0.5, 0.6) is 0 Å². The van der Waals surface area contributed by atoms with Gasteiger partial charge in [0.15, 0.2) is 8.32 Å². The largest absolute Gasteiger partial charge is 0.519 e. The van der Waals surface area contributed by atoms with Crippen LogP contribution in [-0.2, 0) is 13.6 Å². The summed E-state index contributed by atoms with van der Waals surface area (Å²) in [5.41, 5.74) is 0. The SMILES string of the molecule is CC/C=C\C[C@@H](/C=C/C=C\C/C=C\C/C=C\C/C=C\CCC(=O)O[Si](C)(C)C(C)(C)C)O[Si](C)(C)C(C)(C)C. The predicted molar refractivity (Wildman–Crippen MR) is 178 cm³/mol. The van der Waals surface area contributed by atoms with Crippen molar-refractivity contribution in [2.75, 3.05) is 0 Å². The molecule has 3 nitrogen and oxygen atoms in total. The maximum Gasteiger partial charge on any atom is 0.292 e. The molecule has 0 aliphatic rings. The standard InChI is InChI=1S/C34H60O3Si2/c1-12-13-25-28-31(36-38(8,9)33(2,3)4)29-26-23-21-19-17-15-14-16-18-20-22-24-27-30-32(35)37-39(10,11)34(5,6)7/h13,15-18,21-26,29,31H,12,14,19-20,27-28,30H2,1-11H3/b17-15-,18-16-,23-21-,24-22-,25-13-,29-26+/t31-/m0/s1. The lowest BCUT2D eigenvalue weighted by atomic mass is 10.2. The lowest BCUT2D eigenvalue weighted by Gasteiger charge is -2.38. The minimum Gasteiger partial charge on any atom is -0.519 e. The summed E-state index contributed by atoms with van der Waals surface area (Å²) in [5.74, 6) is -0.0696. The fourth-order valence-electron chi connectivity index (χ4n) is 2.99. The van der Waals surface area contributed by atoms with Crippen LogP contribution in [0.4, 0.5) is 0 Å². The van der Waals surface area contributed by atoms with Crippen LogP contribution in [0.1, 0.15) is 93.4 Å². The lowest BCUT2D eigenvalue weighted by molar-refractivity contribution is -0.135. The monoisotopic (exact) mass is 572 g/mol. The summed E-state index contributed by atoms with van der Waals surface area (Å²) in [4.78, 5) is 12.1. The van der Waals surface area contributed by atoms with Crippen molar-refractivity contribution in [1.29, 1.82) is 0 Å². The van der Waals surface area contributed by atoms with Gasteiger partial charge in [-0.3, -0.25) is 4.79 Å². The van der Waals surface area contributed by atoms with Gasteiger partial charge >= 0.3 is 0 Å². The number of hydrogen-bond donors (Lipinski definition) is 0. The van der Waals surface area contributed by atoms with Gasteiger partial charge in [-0.05, 0) is 74.8 Å². The quantitative estimate of drug-likeness (QED) is 0.0987. The van der Waals surface area contributed by atoms with E-state index in [0.29, 0.717) is 6.42 Å². The Hall–Kier alpha value is -1.70. The third-order valence-corrected chi connectivity index (χ3v) is 16.5. The van der Waals surface area contributed by atoms with Gasteiger partial charge < -0.3 is 8.85 Å². The molecule has 0 aromatic carbocycles. The van der Waals surface area contributed by atoms with Crippen molar-refractivity contribution in [3.8, 4) is 0 Å². The lowest BCUT2D eigenvalue weighted by Crippen LogP contribution is -2.43. The van der Waals surface area contributed by atoms with Crippen molar-refractivity contribution in [2.24, 2.45) is 0 Å². The molecule has 0 unspecified atom stereocenters. The van der Waals surface area contributed by atoms with Gasteiger partial charge in [-0.25, -0.2) is 0 Å². The Kier molecular flexibility index (Phi) is 17.8. The van der Waals surface area contributed by atoms with Gasteiger partial charge in [0, 0.05) is 6.42 Å². The fourth-order valence-corrected chi connectivity index (χ4v) is 5.25. The number of carbonyl (C=O) groups excluding carboxylic acids is 1. The Balaban J connectivity index is 4.33. The van der Waals surface area contributed by atoms with E-state index in [-0.39, 0.29) is 22.1 Å². The Bertz CT molecular complexity index is 860. The minimum atomic E-state index is -2.00. The Labute approximate surface area is 244 Å². The molecule has 0 bridgehead atoms. The molecule has 0 heterocycles. The first-order valence-electron chi connectivity index (χ1n) is 14.9. The van der Waals surface area contributed by atoms with Gasteiger partial charge in [0.2, 0.25) is 0 Å². The molecule has 0 amide bonds. The highest BCUT2D eigenvalue weighted by Gasteiger charge is 2.40. The normalized spacial score (nSPS) is 15.3. The van der Waals surface area contributed by atoms with Gasteiger partial charge in [-0.2, -0.15) is 0 Å². The first-order chi connectivity index (χ1) is 18.0. The summed E-state index contributed by atoms with van der Waals surface area (Å²) in [6, 6.07) is 0. The second kappa shape index (κ2) is 18.6. The van der Waals surface area contributed by atoms with Crippen molar-refractivity contribution in [1.82, 2.24) is 0 Å². The Morgan fingerprint density at radius 2 is 1.21 bits per heavy atom. The molecule has 0 aliphatic heterocycles. The van der Waals surface area contributed by atoms with E-state index in [0.717, 1.165) is 38.5 Å². The van der Waals surface area contributed by atoms with Crippen LogP contribution in [0.2, 0.25) is 36.3 Å². The molecule has 0 spiro atoms. The van der Waals surface area contributed by atoms with E-state index in [1.807, 2.05) is 0 Å². The molecule has 0 saturated heterocycles. The highest BCUT2D eigenvalue weighted by molar-refractivity contribution is 6.75. The number of allylic oxidation sites excluding steroid dienone is 10. The van der Waals surface area contributed by atoms with Crippen LogP contribution >= 0.6 is 0 Å². The van der Waals surface area contributed by atoms with Crippen LogP contribution in [0.25, 0.3) is 0 Å². The number of rotatable bonds is 17. The summed E-state index contributed by atoms with van der Waals surface area (Å²) < 4.78 is 12.4. The van der Waals surface area contributed by atoms with E-state index in [4.69, 9.17) is 8.85 Å². The second-order valence-electron chi connectivity index (χ2n) is 13.2. The molecule has 0 fully saturated rings. The number of carbonyl (C=O) groups is 1. The molecule has 0 rings (SSSR count). The molecule has 0 radical (unpaired) electrons. The van der Waals surface area contributed by atoms with E-state index < -0.39 is 16.6 Å². The van der Waals surface area contributed by atoms with E-state index in [1.54, 1.807) is 0 Å². The molecule has 39 heavy (non-hydrogen) atoms. The van der Waals surface area contributed by atoms with E-state index in [9.17, 15) is 4.79 Å². The van der Waals surface area contributed by atoms with Crippen molar-refractivity contribution in [3.63, 3.8) is 0 Å². The Morgan fingerprint density at radius 3 is 1.72 bits per heavy atom. The first-order valence-corrected chi connectivity index (χ1v) is 20.7. The van der Waals surface area contributed by atoms with Crippen LogP contribution in [-0.4, -0.2) is 28.7 Å². The zero-order valence-corrected chi connectivity index (χ0v) is 29.2. The van der Waals surface area contributed by atoms with Gasteiger partial charge in [0.05, 0.1) is 6.10 Å². The summed E-state index contributed by atoms with van der Waals surface area (Å²) in [6.45, 7) is 24.3. The smallest absolute Gasteiger partial charge is 0.292 e. The van der Waals surface area contributed by atoms with Crippen LogP contribution in [0.3, 0.4) is 0 Å². The topological polar surface area (TPSA) is 35.5 Å². The van der Waals surface area contributed by atoms with Gasteiger partial charge in [-0.15, -0.1) is 0 Å². The molecule has 0 aromatic rings. The summed E-state index contributed by atoms with van der Waals surface area (Å²) in [5, 5.41) is 0.264. The highest BCUT2D eigenvalue weighted by Crippen LogP contribution is 2.38. The van der Waals surface area contributed by atoms with Gasteiger partial charge in [-0.1, -0.05) is 121 Å². The van der Waals surface area contributed by atoms with E-state index >= 15 is 0 Å². The van der Waals surface area contributed by atoms with Gasteiger partial charge in [0.1, 0.15) is 0 Å². The molecule has 222 valence electrons. The third kappa shape index (κ3) is 17.6. The molecule has 5 heteroatoms. The van der Waals surface area contributed by atoms with Crippen molar-refractivity contribution >= 4 is 22.6 Å². The average molecular weight is 573 g/mol. The van der Waals surface area contributed by atoms with Crippen LogP contribution < -0.4 is 0 Å². The minimum absolute atomic E-state index is 0.0558.